The number of nitrogens with zero attached hydrogens (tertiary/aromatic N) is 3. The molecule has 0 saturated carbocycles. The summed E-state index contributed by atoms with van der Waals surface area (Å²) in [7, 11) is 0. The SMILES string of the molecule is N#CC1CCCN1C(=O)c1cc2ccc(OCC3C=CCCC3)cc2cn1. The molecule has 2 atom stereocenters. The van der Waals surface area contributed by atoms with E-state index < -0.39 is 0 Å². The van der Waals surface area contributed by atoms with E-state index in [9.17, 15) is 10.1 Å². The Morgan fingerprint density at radius 2 is 2.19 bits per heavy atom. The first-order valence-electron chi connectivity index (χ1n) is 9.64. The number of benzene rings is 1. The molecule has 1 aromatic heterocycles. The molecule has 0 spiro atoms. The summed E-state index contributed by atoms with van der Waals surface area (Å²) in [5.74, 6) is 1.15. The van der Waals surface area contributed by atoms with Crippen LogP contribution in [-0.2, 0) is 0 Å². The lowest BCUT2D eigenvalue weighted by Gasteiger charge is -2.19. The molecule has 1 amide bonds. The monoisotopic (exact) mass is 361 g/mol. The van der Waals surface area contributed by atoms with Gasteiger partial charge in [-0.3, -0.25) is 9.78 Å². The second-order valence-corrected chi connectivity index (χ2v) is 7.29. The Morgan fingerprint density at radius 3 is 3.00 bits per heavy atom. The van der Waals surface area contributed by atoms with Crippen molar-refractivity contribution in [2.75, 3.05) is 13.2 Å². The number of fused-ring (bicyclic) bond motifs is 1. The van der Waals surface area contributed by atoms with Crippen LogP contribution in [0.1, 0.15) is 42.6 Å². The molecule has 2 aliphatic rings. The van der Waals surface area contributed by atoms with Crippen LogP contribution in [0.5, 0.6) is 5.75 Å². The lowest BCUT2D eigenvalue weighted by atomic mass is 9.97. The van der Waals surface area contributed by atoms with Gasteiger partial charge in [0.25, 0.3) is 5.91 Å². The van der Waals surface area contributed by atoms with Gasteiger partial charge in [-0.25, -0.2) is 0 Å². The molecule has 1 saturated heterocycles. The fourth-order valence-corrected chi connectivity index (χ4v) is 3.84. The molecule has 0 bridgehead atoms. The molecule has 2 unspecified atom stereocenters. The number of carbonyl (C=O) groups excluding carboxylic acids is 1. The number of aromatic nitrogens is 1. The van der Waals surface area contributed by atoms with E-state index in [1.807, 2.05) is 18.2 Å². The quantitative estimate of drug-likeness (QED) is 0.769. The molecule has 2 heterocycles. The molecule has 1 aliphatic carbocycles. The van der Waals surface area contributed by atoms with Gasteiger partial charge in [0.05, 0.1) is 12.7 Å². The molecule has 1 aromatic carbocycles. The summed E-state index contributed by atoms with van der Waals surface area (Å²) in [6, 6.07) is 9.55. The number of allylic oxidation sites excluding steroid dienone is 1. The van der Waals surface area contributed by atoms with Crippen molar-refractivity contribution in [2.24, 2.45) is 5.92 Å². The van der Waals surface area contributed by atoms with E-state index in [1.54, 1.807) is 17.2 Å². The van der Waals surface area contributed by atoms with Gasteiger partial charge >= 0.3 is 0 Å². The minimum absolute atomic E-state index is 0.162. The van der Waals surface area contributed by atoms with Gasteiger partial charge in [-0.1, -0.05) is 18.2 Å². The second-order valence-electron chi connectivity index (χ2n) is 7.29. The Hall–Kier alpha value is -2.87. The Kier molecular flexibility index (Phi) is 5.06. The summed E-state index contributed by atoms with van der Waals surface area (Å²) in [6.45, 7) is 1.32. The Morgan fingerprint density at radius 1 is 1.26 bits per heavy atom. The molecular formula is C22H23N3O2. The Labute approximate surface area is 159 Å². The van der Waals surface area contributed by atoms with Crippen molar-refractivity contribution in [2.45, 2.75) is 38.1 Å². The highest BCUT2D eigenvalue weighted by molar-refractivity contribution is 5.97. The maximum Gasteiger partial charge on any atom is 0.273 e. The van der Waals surface area contributed by atoms with Crippen molar-refractivity contribution in [3.8, 4) is 11.8 Å². The van der Waals surface area contributed by atoms with Crippen LogP contribution in [0, 0.1) is 17.2 Å². The topological polar surface area (TPSA) is 66.2 Å². The molecule has 1 fully saturated rings. The van der Waals surface area contributed by atoms with Crippen LogP contribution >= 0.6 is 0 Å². The average Bonchev–Trinajstić information content (AvgIpc) is 3.21. The van der Waals surface area contributed by atoms with Gasteiger partial charge in [0.15, 0.2) is 0 Å². The predicted molar refractivity (Wildman–Crippen MR) is 103 cm³/mol. The number of carbonyl (C=O) groups is 1. The van der Waals surface area contributed by atoms with E-state index in [1.165, 1.54) is 19.3 Å². The number of pyridine rings is 1. The van der Waals surface area contributed by atoms with Crippen LogP contribution < -0.4 is 4.74 Å². The maximum absolute atomic E-state index is 12.7. The lowest BCUT2D eigenvalue weighted by Crippen LogP contribution is -2.35. The highest BCUT2D eigenvalue weighted by Crippen LogP contribution is 2.25. The van der Waals surface area contributed by atoms with Gasteiger partial charge in [0.2, 0.25) is 0 Å². The van der Waals surface area contributed by atoms with Crippen LogP contribution in [0.4, 0.5) is 0 Å². The zero-order chi connectivity index (χ0) is 18.6. The van der Waals surface area contributed by atoms with Crippen molar-refractivity contribution in [1.82, 2.24) is 9.88 Å². The number of nitriles is 1. The Balaban J connectivity index is 1.48. The van der Waals surface area contributed by atoms with Gasteiger partial charge in [0, 0.05) is 24.0 Å². The van der Waals surface area contributed by atoms with E-state index in [2.05, 4.69) is 23.2 Å². The van der Waals surface area contributed by atoms with Crippen LogP contribution in [0.15, 0.2) is 42.6 Å². The molecular weight excluding hydrogens is 338 g/mol. The first-order valence-corrected chi connectivity index (χ1v) is 9.64. The number of hydrogen-bond acceptors (Lipinski definition) is 4. The maximum atomic E-state index is 12.7. The average molecular weight is 361 g/mol. The lowest BCUT2D eigenvalue weighted by molar-refractivity contribution is 0.0759. The molecule has 4 rings (SSSR count). The second kappa shape index (κ2) is 7.79. The van der Waals surface area contributed by atoms with E-state index in [0.717, 1.165) is 29.4 Å². The smallest absolute Gasteiger partial charge is 0.273 e. The zero-order valence-corrected chi connectivity index (χ0v) is 15.3. The third-order valence-corrected chi connectivity index (χ3v) is 5.39. The van der Waals surface area contributed by atoms with E-state index in [4.69, 9.17) is 4.74 Å². The van der Waals surface area contributed by atoms with Crippen molar-refractivity contribution < 1.29 is 9.53 Å². The van der Waals surface area contributed by atoms with E-state index in [0.29, 0.717) is 24.8 Å². The molecule has 5 nitrogen and oxygen atoms in total. The fraction of sp³-hybridized carbons (Fsp3) is 0.409. The molecule has 1 aliphatic heterocycles. The number of ether oxygens (including phenoxy) is 1. The molecule has 5 heteroatoms. The van der Waals surface area contributed by atoms with Crippen molar-refractivity contribution >= 4 is 16.7 Å². The molecule has 0 radical (unpaired) electrons. The third-order valence-electron chi connectivity index (χ3n) is 5.39. The number of amides is 1. The normalized spacial score (nSPS) is 22.0. The molecule has 138 valence electrons. The van der Waals surface area contributed by atoms with Crippen LogP contribution in [0.2, 0.25) is 0 Å². The third kappa shape index (κ3) is 3.80. The van der Waals surface area contributed by atoms with Gasteiger partial charge < -0.3 is 9.64 Å². The highest BCUT2D eigenvalue weighted by Gasteiger charge is 2.29. The highest BCUT2D eigenvalue weighted by atomic mass is 16.5. The summed E-state index contributed by atoms with van der Waals surface area (Å²) in [6.07, 6.45) is 11.4. The van der Waals surface area contributed by atoms with Crippen molar-refractivity contribution in [3.05, 3.63) is 48.3 Å². The number of rotatable bonds is 4. The van der Waals surface area contributed by atoms with Gasteiger partial charge in [-0.2, -0.15) is 5.26 Å². The van der Waals surface area contributed by atoms with Gasteiger partial charge in [0.1, 0.15) is 17.5 Å². The van der Waals surface area contributed by atoms with Crippen LogP contribution in [0.25, 0.3) is 10.8 Å². The first kappa shape index (κ1) is 17.5. The van der Waals surface area contributed by atoms with E-state index >= 15 is 0 Å². The molecule has 2 aromatic rings. The first-order chi connectivity index (χ1) is 13.2. The van der Waals surface area contributed by atoms with Gasteiger partial charge in [-0.15, -0.1) is 0 Å². The standard InChI is InChI=1S/C22H23N3O2/c23-13-19-7-4-10-25(19)22(26)21-12-17-8-9-20(11-18(17)14-24-21)27-15-16-5-2-1-3-6-16/h2,5,8-9,11-12,14,16,19H,1,3-4,6-7,10,15H2. The minimum atomic E-state index is -0.334. The van der Waals surface area contributed by atoms with E-state index in [-0.39, 0.29) is 11.9 Å². The molecule has 27 heavy (non-hydrogen) atoms. The summed E-state index contributed by atoms with van der Waals surface area (Å²) < 4.78 is 5.95. The summed E-state index contributed by atoms with van der Waals surface area (Å²) in [5.41, 5.74) is 0.394. The zero-order valence-electron chi connectivity index (χ0n) is 15.3. The van der Waals surface area contributed by atoms with Crippen molar-refractivity contribution in [1.29, 1.82) is 5.26 Å². The number of likely N-dealkylation sites (tertiary alicyclic amines) is 1. The summed E-state index contributed by atoms with van der Waals surface area (Å²) >= 11 is 0. The Bertz CT molecular complexity index is 915. The van der Waals surface area contributed by atoms with Crippen molar-refractivity contribution in [3.63, 3.8) is 0 Å². The minimum Gasteiger partial charge on any atom is -0.493 e. The fourth-order valence-electron chi connectivity index (χ4n) is 3.84. The summed E-state index contributed by atoms with van der Waals surface area (Å²) in [5, 5.41) is 11.1. The van der Waals surface area contributed by atoms with Gasteiger partial charge in [-0.05, 0) is 55.7 Å². The molecule has 0 N–H and O–H groups in total. The summed E-state index contributed by atoms with van der Waals surface area (Å²) in [4.78, 5) is 18.7. The van der Waals surface area contributed by atoms with Crippen LogP contribution in [-0.4, -0.2) is 35.0 Å². The predicted octanol–water partition coefficient (Wildman–Crippen LogP) is 4.10. The van der Waals surface area contributed by atoms with Crippen LogP contribution in [0.3, 0.4) is 0 Å². The largest absolute Gasteiger partial charge is 0.493 e. The number of hydrogen-bond donors (Lipinski definition) is 0.